The molecule has 0 N–H and O–H groups in total. The van der Waals surface area contributed by atoms with E-state index < -0.39 is 0 Å². The summed E-state index contributed by atoms with van der Waals surface area (Å²) in [6.07, 6.45) is 8.11. The number of rotatable bonds is 3. The van der Waals surface area contributed by atoms with E-state index in [9.17, 15) is 0 Å². The summed E-state index contributed by atoms with van der Waals surface area (Å²) in [5.41, 5.74) is 4.68. The van der Waals surface area contributed by atoms with Crippen LogP contribution in [0.15, 0.2) is 71.3 Å². The van der Waals surface area contributed by atoms with Crippen molar-refractivity contribution in [2.45, 2.75) is 46.5 Å². The Balaban J connectivity index is 0.000000176. The molecule has 126 valence electrons. The summed E-state index contributed by atoms with van der Waals surface area (Å²) >= 11 is 0. The van der Waals surface area contributed by atoms with E-state index in [2.05, 4.69) is 81.4 Å². The molecule has 3 aromatic carbocycles. The summed E-state index contributed by atoms with van der Waals surface area (Å²) in [7, 11) is 0. The van der Waals surface area contributed by atoms with E-state index in [-0.39, 0.29) is 26.2 Å². The first-order valence-corrected chi connectivity index (χ1v) is 9.12. The van der Waals surface area contributed by atoms with Crippen molar-refractivity contribution in [3.05, 3.63) is 77.4 Å². The molecule has 0 saturated carbocycles. The number of hydrogen-bond donors (Lipinski definition) is 0. The van der Waals surface area contributed by atoms with Gasteiger partial charge in [-0.15, -0.1) is 46.2 Å². The summed E-state index contributed by atoms with van der Waals surface area (Å²) in [6.45, 7) is 6.70. The molecule has 1 aliphatic rings. The minimum Gasteiger partial charge on any atom is -0.269 e. The van der Waals surface area contributed by atoms with Gasteiger partial charge in [0.1, 0.15) is 0 Å². The molecule has 0 aliphatic heterocycles. The zero-order chi connectivity index (χ0) is 16.9. The first-order valence-electron chi connectivity index (χ1n) is 9.12. The SMILES string of the molecule is CCC1=[C-]CC(CC)=C1CC.[Zr+2].c1ccc2c(c1)[cH-]c1ccccc12. The molecular formula is C24H26Zr. The largest absolute Gasteiger partial charge is 2.00 e. The van der Waals surface area contributed by atoms with Crippen molar-refractivity contribution in [2.75, 3.05) is 0 Å². The van der Waals surface area contributed by atoms with Crippen LogP contribution in [-0.2, 0) is 26.2 Å². The second-order valence-electron chi connectivity index (χ2n) is 6.29. The van der Waals surface area contributed by atoms with Gasteiger partial charge < -0.3 is 0 Å². The normalized spacial score (nSPS) is 13.5. The van der Waals surface area contributed by atoms with Gasteiger partial charge in [0.25, 0.3) is 0 Å². The zero-order valence-electron chi connectivity index (χ0n) is 15.5. The molecule has 0 aromatic heterocycles. The maximum Gasteiger partial charge on any atom is 2.00 e. The number of benzene rings is 2. The number of allylic oxidation sites excluding steroid dienone is 4. The Morgan fingerprint density at radius 3 is 1.84 bits per heavy atom. The van der Waals surface area contributed by atoms with E-state index in [0.717, 1.165) is 12.8 Å². The Hall–Kier alpha value is -1.33. The fraction of sp³-hybridized carbons (Fsp3) is 0.292. The monoisotopic (exact) mass is 404 g/mol. The molecule has 0 bridgehead atoms. The average molecular weight is 406 g/mol. The van der Waals surface area contributed by atoms with E-state index >= 15 is 0 Å². The summed E-state index contributed by atoms with van der Waals surface area (Å²) in [5, 5.41) is 5.39. The molecule has 0 amide bonds. The zero-order valence-corrected chi connectivity index (χ0v) is 18.0. The van der Waals surface area contributed by atoms with Gasteiger partial charge in [0.05, 0.1) is 0 Å². The molecule has 0 heterocycles. The Labute approximate surface area is 171 Å². The van der Waals surface area contributed by atoms with Crippen molar-refractivity contribution in [2.24, 2.45) is 0 Å². The quantitative estimate of drug-likeness (QED) is 0.399. The van der Waals surface area contributed by atoms with Crippen LogP contribution in [0, 0.1) is 6.08 Å². The second kappa shape index (κ2) is 9.39. The van der Waals surface area contributed by atoms with Crippen molar-refractivity contribution in [3.63, 3.8) is 0 Å². The van der Waals surface area contributed by atoms with Crippen LogP contribution in [0.5, 0.6) is 0 Å². The number of hydrogen-bond acceptors (Lipinski definition) is 0. The third-order valence-corrected chi connectivity index (χ3v) is 4.96. The summed E-state index contributed by atoms with van der Waals surface area (Å²) < 4.78 is 0. The molecule has 4 rings (SSSR count). The van der Waals surface area contributed by atoms with Gasteiger partial charge in [0.2, 0.25) is 0 Å². The molecule has 3 aromatic rings. The molecule has 0 saturated heterocycles. The van der Waals surface area contributed by atoms with Gasteiger partial charge in [-0.3, -0.25) is 6.08 Å². The predicted molar refractivity (Wildman–Crippen MR) is 106 cm³/mol. The van der Waals surface area contributed by atoms with Gasteiger partial charge in [-0.05, 0) is 0 Å². The number of fused-ring (bicyclic) bond motifs is 3. The fourth-order valence-electron chi connectivity index (χ4n) is 3.68. The van der Waals surface area contributed by atoms with Crippen LogP contribution in [0.3, 0.4) is 0 Å². The van der Waals surface area contributed by atoms with E-state index in [4.69, 9.17) is 0 Å². The van der Waals surface area contributed by atoms with Crippen LogP contribution in [-0.4, -0.2) is 0 Å². The third-order valence-electron chi connectivity index (χ3n) is 4.96. The molecule has 0 unspecified atom stereocenters. The van der Waals surface area contributed by atoms with E-state index in [1.807, 2.05) is 0 Å². The fourth-order valence-corrected chi connectivity index (χ4v) is 3.68. The minimum atomic E-state index is 0. The Morgan fingerprint density at radius 1 is 0.800 bits per heavy atom. The molecular weight excluding hydrogens is 379 g/mol. The molecule has 1 heteroatoms. The minimum absolute atomic E-state index is 0. The second-order valence-corrected chi connectivity index (χ2v) is 6.29. The van der Waals surface area contributed by atoms with Crippen molar-refractivity contribution in [3.8, 4) is 0 Å². The van der Waals surface area contributed by atoms with Gasteiger partial charge in [0.15, 0.2) is 0 Å². The first kappa shape index (κ1) is 20.0. The van der Waals surface area contributed by atoms with Gasteiger partial charge >= 0.3 is 26.2 Å². The van der Waals surface area contributed by atoms with Crippen LogP contribution in [0.4, 0.5) is 0 Å². The Morgan fingerprint density at radius 2 is 1.36 bits per heavy atom. The Bertz CT molecular complexity index is 842. The van der Waals surface area contributed by atoms with Crippen molar-refractivity contribution in [1.29, 1.82) is 0 Å². The molecule has 0 atom stereocenters. The van der Waals surface area contributed by atoms with Crippen LogP contribution in [0.1, 0.15) is 46.5 Å². The van der Waals surface area contributed by atoms with Crippen LogP contribution in [0.25, 0.3) is 21.5 Å². The molecule has 0 spiro atoms. The maximum absolute atomic E-state index is 3.45. The van der Waals surface area contributed by atoms with Crippen LogP contribution < -0.4 is 0 Å². The van der Waals surface area contributed by atoms with E-state index in [0.29, 0.717) is 0 Å². The van der Waals surface area contributed by atoms with E-state index in [1.165, 1.54) is 40.0 Å². The Kier molecular flexibility index (Phi) is 7.51. The van der Waals surface area contributed by atoms with Crippen LogP contribution in [0.2, 0.25) is 0 Å². The summed E-state index contributed by atoms with van der Waals surface area (Å²) in [6, 6.07) is 19.3. The molecule has 25 heavy (non-hydrogen) atoms. The van der Waals surface area contributed by atoms with Gasteiger partial charge in [0, 0.05) is 0 Å². The standard InChI is InChI=1S/C13H9.C11H17.Zr/c1-3-7-12-10(5-1)9-11-6-2-4-8-13(11)12;1-4-9-7-8-10(5-2)11(9)6-3;/h1-9H;4-7H2,1-3H3;/q2*-1;+2. The van der Waals surface area contributed by atoms with Crippen molar-refractivity contribution in [1.82, 2.24) is 0 Å². The van der Waals surface area contributed by atoms with Gasteiger partial charge in [-0.1, -0.05) is 76.4 Å². The van der Waals surface area contributed by atoms with Crippen molar-refractivity contribution < 1.29 is 26.2 Å². The smallest absolute Gasteiger partial charge is 0.269 e. The van der Waals surface area contributed by atoms with Crippen molar-refractivity contribution >= 4 is 21.5 Å². The summed E-state index contributed by atoms with van der Waals surface area (Å²) in [5.74, 6) is 0. The molecule has 0 fully saturated rings. The van der Waals surface area contributed by atoms with E-state index in [1.54, 1.807) is 11.1 Å². The topological polar surface area (TPSA) is 0 Å². The first-order chi connectivity index (χ1) is 11.8. The molecule has 0 nitrogen and oxygen atoms in total. The summed E-state index contributed by atoms with van der Waals surface area (Å²) in [4.78, 5) is 0. The van der Waals surface area contributed by atoms with Gasteiger partial charge in [-0.25, -0.2) is 5.57 Å². The van der Waals surface area contributed by atoms with Gasteiger partial charge in [-0.2, -0.15) is 11.1 Å². The maximum atomic E-state index is 3.45. The predicted octanol–water partition coefficient (Wildman–Crippen LogP) is 7.36. The van der Waals surface area contributed by atoms with Crippen LogP contribution >= 0.6 is 0 Å². The molecule has 0 radical (unpaired) electrons. The average Bonchev–Trinajstić information content (AvgIpc) is 3.22. The molecule has 1 aliphatic carbocycles. The third kappa shape index (κ3) is 4.26.